The smallest absolute Gasteiger partial charge is 0.396 e. The Morgan fingerprint density at radius 2 is 2.05 bits per heavy atom. The molecule has 0 fully saturated rings. The van der Waals surface area contributed by atoms with Crippen molar-refractivity contribution in [1.29, 1.82) is 0 Å². The van der Waals surface area contributed by atoms with E-state index in [-0.39, 0.29) is 22.4 Å². The number of ether oxygens (including phenoxy) is 1. The molecule has 98 valence electrons. The van der Waals surface area contributed by atoms with Crippen molar-refractivity contribution in [2.75, 3.05) is 12.4 Å². The Hall–Kier alpha value is -2.83. The average molecular weight is 263 g/mol. The van der Waals surface area contributed by atoms with E-state index in [0.717, 1.165) is 13.2 Å². The van der Waals surface area contributed by atoms with Gasteiger partial charge >= 0.3 is 17.5 Å². The standard InChI is InChI=1S/C12H9NO6/c1-18-12(17)11(16)13-6-2-3-9-7(4-6)8(14)5-10(15)19-9/h2-5,14H,1H3,(H,13,16). The second-order valence-corrected chi connectivity index (χ2v) is 3.61. The average Bonchev–Trinajstić information content (AvgIpc) is 2.38. The SMILES string of the molecule is COC(=O)C(=O)Nc1ccc2oc(=O)cc(O)c2c1. The van der Waals surface area contributed by atoms with Crippen molar-refractivity contribution in [3.63, 3.8) is 0 Å². The molecule has 0 aliphatic carbocycles. The molecule has 0 saturated heterocycles. The third kappa shape index (κ3) is 2.54. The highest BCUT2D eigenvalue weighted by Crippen LogP contribution is 2.25. The molecule has 0 unspecified atom stereocenters. The number of benzene rings is 1. The van der Waals surface area contributed by atoms with E-state index in [1.54, 1.807) is 0 Å². The number of esters is 1. The molecule has 0 aliphatic heterocycles. The van der Waals surface area contributed by atoms with Crippen molar-refractivity contribution in [2.45, 2.75) is 0 Å². The van der Waals surface area contributed by atoms with Crippen molar-refractivity contribution in [3.8, 4) is 5.75 Å². The Bertz CT molecular complexity index is 718. The van der Waals surface area contributed by atoms with E-state index < -0.39 is 17.5 Å². The number of rotatable bonds is 1. The minimum Gasteiger partial charge on any atom is -0.507 e. The fraction of sp³-hybridized carbons (Fsp3) is 0.0833. The molecule has 0 saturated carbocycles. The maximum absolute atomic E-state index is 11.3. The molecule has 1 heterocycles. The molecular formula is C12H9NO6. The molecule has 1 amide bonds. The number of hydrogen-bond donors (Lipinski definition) is 2. The van der Waals surface area contributed by atoms with Gasteiger partial charge in [0.15, 0.2) is 0 Å². The van der Waals surface area contributed by atoms with Gasteiger partial charge in [-0.05, 0) is 18.2 Å². The van der Waals surface area contributed by atoms with E-state index in [2.05, 4.69) is 10.1 Å². The van der Waals surface area contributed by atoms with Crippen LogP contribution < -0.4 is 10.9 Å². The zero-order chi connectivity index (χ0) is 14.0. The third-order valence-electron chi connectivity index (χ3n) is 2.35. The summed E-state index contributed by atoms with van der Waals surface area (Å²) >= 11 is 0. The van der Waals surface area contributed by atoms with E-state index in [0.29, 0.717) is 0 Å². The molecule has 0 spiro atoms. The maximum Gasteiger partial charge on any atom is 0.396 e. The molecule has 7 heteroatoms. The van der Waals surface area contributed by atoms with Crippen molar-refractivity contribution >= 4 is 28.5 Å². The molecule has 0 aliphatic rings. The Morgan fingerprint density at radius 1 is 1.32 bits per heavy atom. The predicted octanol–water partition coefficient (Wildman–Crippen LogP) is 0.610. The number of hydrogen-bond acceptors (Lipinski definition) is 6. The molecule has 19 heavy (non-hydrogen) atoms. The highest BCUT2D eigenvalue weighted by atomic mass is 16.5. The van der Waals surface area contributed by atoms with Gasteiger partial charge in [-0.2, -0.15) is 0 Å². The predicted molar refractivity (Wildman–Crippen MR) is 64.8 cm³/mol. The summed E-state index contributed by atoms with van der Waals surface area (Å²) in [5.41, 5.74) is -0.260. The minimum atomic E-state index is -1.04. The van der Waals surface area contributed by atoms with Crippen LogP contribution in [0.5, 0.6) is 5.75 Å². The molecule has 7 nitrogen and oxygen atoms in total. The number of methoxy groups -OCH3 is 1. The van der Waals surface area contributed by atoms with Gasteiger partial charge in [-0.1, -0.05) is 0 Å². The molecule has 0 radical (unpaired) electrons. The quantitative estimate of drug-likeness (QED) is 0.443. The number of amides is 1. The summed E-state index contributed by atoms with van der Waals surface area (Å²) in [5, 5.41) is 12.1. The Morgan fingerprint density at radius 3 is 2.74 bits per heavy atom. The molecule has 2 N–H and O–H groups in total. The third-order valence-corrected chi connectivity index (χ3v) is 2.35. The number of anilines is 1. The molecule has 0 atom stereocenters. The number of fused-ring (bicyclic) bond motifs is 1. The van der Waals surface area contributed by atoms with Crippen LogP contribution in [0.15, 0.2) is 33.5 Å². The van der Waals surface area contributed by atoms with E-state index in [1.165, 1.54) is 18.2 Å². The zero-order valence-corrected chi connectivity index (χ0v) is 9.80. The lowest BCUT2D eigenvalue weighted by Gasteiger charge is -2.05. The fourth-order valence-corrected chi connectivity index (χ4v) is 1.50. The Balaban J connectivity index is 2.39. The minimum absolute atomic E-state index is 0.168. The van der Waals surface area contributed by atoms with Crippen molar-refractivity contribution in [3.05, 3.63) is 34.7 Å². The summed E-state index contributed by atoms with van der Waals surface area (Å²) in [7, 11) is 1.09. The molecular weight excluding hydrogens is 254 g/mol. The van der Waals surface area contributed by atoms with Gasteiger partial charge in [-0.15, -0.1) is 0 Å². The highest BCUT2D eigenvalue weighted by molar-refractivity contribution is 6.37. The van der Waals surface area contributed by atoms with Crippen LogP contribution in [-0.4, -0.2) is 24.1 Å². The molecule has 2 aromatic rings. The van der Waals surface area contributed by atoms with Gasteiger partial charge in [0.05, 0.1) is 18.6 Å². The summed E-state index contributed by atoms with van der Waals surface area (Å²) in [6, 6.07) is 5.09. The second-order valence-electron chi connectivity index (χ2n) is 3.61. The van der Waals surface area contributed by atoms with Crippen LogP contribution in [0, 0.1) is 0 Å². The van der Waals surface area contributed by atoms with Gasteiger partial charge in [0.2, 0.25) is 0 Å². The van der Waals surface area contributed by atoms with Crippen molar-refractivity contribution in [1.82, 2.24) is 0 Å². The monoisotopic (exact) mass is 263 g/mol. The first-order chi connectivity index (χ1) is 9.01. The maximum atomic E-state index is 11.3. The first kappa shape index (κ1) is 12.6. The van der Waals surface area contributed by atoms with E-state index in [9.17, 15) is 19.5 Å². The molecule has 0 bridgehead atoms. The Labute approximate surface area is 106 Å². The normalized spacial score (nSPS) is 10.2. The lowest BCUT2D eigenvalue weighted by atomic mass is 10.2. The summed E-state index contributed by atoms with van der Waals surface area (Å²) in [6.07, 6.45) is 0. The summed E-state index contributed by atoms with van der Waals surface area (Å²) in [6.45, 7) is 0. The fourth-order valence-electron chi connectivity index (χ4n) is 1.50. The van der Waals surface area contributed by atoms with Gasteiger partial charge in [0.1, 0.15) is 11.3 Å². The highest BCUT2D eigenvalue weighted by Gasteiger charge is 2.14. The Kier molecular flexibility index (Phi) is 3.19. The molecule has 1 aromatic carbocycles. The van der Waals surface area contributed by atoms with Crippen LogP contribution in [0.3, 0.4) is 0 Å². The first-order valence-corrected chi connectivity index (χ1v) is 5.17. The van der Waals surface area contributed by atoms with Gasteiger partial charge < -0.3 is 19.6 Å². The number of aromatic hydroxyl groups is 1. The van der Waals surface area contributed by atoms with E-state index in [4.69, 9.17) is 4.42 Å². The van der Waals surface area contributed by atoms with E-state index in [1.807, 2.05) is 0 Å². The van der Waals surface area contributed by atoms with Crippen molar-refractivity contribution < 1.29 is 23.8 Å². The summed E-state index contributed by atoms with van der Waals surface area (Å²) in [5.74, 6) is -2.26. The zero-order valence-electron chi connectivity index (χ0n) is 9.80. The number of nitrogens with one attached hydrogen (secondary N) is 1. The van der Waals surface area contributed by atoms with Crippen LogP contribution >= 0.6 is 0 Å². The van der Waals surface area contributed by atoms with Gasteiger partial charge in [0, 0.05) is 5.69 Å². The summed E-state index contributed by atoms with van der Waals surface area (Å²) in [4.78, 5) is 33.3. The van der Waals surface area contributed by atoms with Crippen LogP contribution in [0.1, 0.15) is 0 Å². The summed E-state index contributed by atoms with van der Waals surface area (Å²) < 4.78 is 9.10. The largest absolute Gasteiger partial charge is 0.507 e. The topological polar surface area (TPSA) is 106 Å². The second kappa shape index (κ2) is 4.81. The van der Waals surface area contributed by atoms with Crippen LogP contribution in [0.2, 0.25) is 0 Å². The van der Waals surface area contributed by atoms with Crippen molar-refractivity contribution in [2.24, 2.45) is 0 Å². The lowest BCUT2D eigenvalue weighted by Crippen LogP contribution is -2.23. The first-order valence-electron chi connectivity index (χ1n) is 5.17. The lowest BCUT2D eigenvalue weighted by molar-refractivity contribution is -0.150. The van der Waals surface area contributed by atoms with Crippen LogP contribution in [0.25, 0.3) is 11.0 Å². The van der Waals surface area contributed by atoms with E-state index >= 15 is 0 Å². The molecule has 2 rings (SSSR count). The number of carbonyl (C=O) groups is 2. The number of carbonyl (C=O) groups excluding carboxylic acids is 2. The molecule has 1 aromatic heterocycles. The van der Waals surface area contributed by atoms with Crippen LogP contribution in [-0.2, 0) is 14.3 Å². The van der Waals surface area contributed by atoms with Crippen LogP contribution in [0.4, 0.5) is 5.69 Å². The van der Waals surface area contributed by atoms with Gasteiger partial charge in [0.25, 0.3) is 0 Å². The van der Waals surface area contributed by atoms with Gasteiger partial charge in [-0.3, -0.25) is 4.79 Å². The van der Waals surface area contributed by atoms with Gasteiger partial charge in [-0.25, -0.2) is 9.59 Å².